The Morgan fingerprint density at radius 3 is 2.53 bits per heavy atom. The number of aryl methyl sites for hydroxylation is 1. The number of benzene rings is 2. The summed E-state index contributed by atoms with van der Waals surface area (Å²) in [7, 11) is 0. The summed E-state index contributed by atoms with van der Waals surface area (Å²) < 4.78 is 59.2. The van der Waals surface area contributed by atoms with Gasteiger partial charge in [0.2, 0.25) is 0 Å². The van der Waals surface area contributed by atoms with Gasteiger partial charge in [-0.15, -0.1) is 0 Å². The number of nitrogens with zero attached hydrogens (tertiary/aromatic N) is 5. The number of aliphatic hydroxyl groups is 1. The van der Waals surface area contributed by atoms with Crippen molar-refractivity contribution in [3.63, 3.8) is 0 Å². The predicted octanol–water partition coefficient (Wildman–Crippen LogP) is 3.64. The third-order valence-electron chi connectivity index (χ3n) is 5.27. The van der Waals surface area contributed by atoms with Crippen LogP contribution in [0.4, 0.5) is 17.6 Å². The highest BCUT2D eigenvalue weighted by atomic mass is 19.2. The molecule has 156 valence electrons. The van der Waals surface area contributed by atoms with Crippen molar-refractivity contribution in [2.75, 3.05) is 0 Å². The van der Waals surface area contributed by atoms with Gasteiger partial charge < -0.3 is 5.11 Å². The quantitative estimate of drug-likeness (QED) is 0.502. The Morgan fingerprint density at radius 1 is 1.10 bits per heavy atom. The van der Waals surface area contributed by atoms with E-state index in [0.717, 1.165) is 22.9 Å². The first-order valence-corrected chi connectivity index (χ1v) is 9.05. The molecule has 2 aromatic carbocycles. The minimum Gasteiger partial charge on any atom is -0.381 e. The van der Waals surface area contributed by atoms with Gasteiger partial charge in [-0.2, -0.15) is 10.2 Å². The van der Waals surface area contributed by atoms with Crippen molar-refractivity contribution >= 4 is 10.9 Å². The average Bonchev–Trinajstić information content (AvgIpc) is 3.31. The smallest absolute Gasteiger partial charge is 0.184 e. The van der Waals surface area contributed by atoms with Crippen molar-refractivity contribution < 1.29 is 22.7 Å². The lowest BCUT2D eigenvalue weighted by Gasteiger charge is -2.35. The molecule has 0 fully saturated rings. The number of hydrogen-bond acceptors (Lipinski definition) is 4. The molecule has 4 aromatic rings. The van der Waals surface area contributed by atoms with Gasteiger partial charge in [-0.3, -0.25) is 4.68 Å². The summed E-state index contributed by atoms with van der Waals surface area (Å²) >= 11 is 0. The van der Waals surface area contributed by atoms with Gasteiger partial charge in [0, 0.05) is 17.0 Å². The molecule has 30 heavy (non-hydrogen) atoms. The van der Waals surface area contributed by atoms with E-state index in [4.69, 9.17) is 0 Å². The van der Waals surface area contributed by atoms with Crippen LogP contribution in [0.5, 0.6) is 0 Å². The Kier molecular flexibility index (Phi) is 4.81. The Morgan fingerprint density at radius 2 is 1.87 bits per heavy atom. The summed E-state index contributed by atoms with van der Waals surface area (Å²) in [5.74, 6) is -4.03. The summed E-state index contributed by atoms with van der Waals surface area (Å²) in [5.41, 5.74) is -2.07. The molecular formula is C20H17F4N5O. The van der Waals surface area contributed by atoms with Crippen LogP contribution < -0.4 is 0 Å². The molecule has 0 spiro atoms. The van der Waals surface area contributed by atoms with Gasteiger partial charge in [-0.25, -0.2) is 27.2 Å². The fraction of sp³-hybridized carbons (Fsp3) is 0.250. The predicted molar refractivity (Wildman–Crippen MR) is 99.4 cm³/mol. The van der Waals surface area contributed by atoms with E-state index < -0.39 is 34.9 Å². The molecular weight excluding hydrogens is 402 g/mol. The van der Waals surface area contributed by atoms with Crippen LogP contribution in [-0.4, -0.2) is 29.7 Å². The summed E-state index contributed by atoms with van der Waals surface area (Å²) in [6.07, 6.45) is 2.54. The molecule has 1 N–H and O–H groups in total. The van der Waals surface area contributed by atoms with Crippen LogP contribution in [0, 0.1) is 30.2 Å². The molecule has 2 heterocycles. The highest BCUT2D eigenvalue weighted by Crippen LogP contribution is 2.39. The van der Waals surface area contributed by atoms with Crippen molar-refractivity contribution in [2.45, 2.75) is 32.0 Å². The molecule has 0 bridgehead atoms. The molecule has 0 unspecified atom stereocenters. The number of rotatable bonds is 5. The van der Waals surface area contributed by atoms with Crippen LogP contribution in [0.1, 0.15) is 24.2 Å². The van der Waals surface area contributed by atoms with Gasteiger partial charge in [0.15, 0.2) is 11.6 Å². The largest absolute Gasteiger partial charge is 0.381 e. The van der Waals surface area contributed by atoms with Crippen LogP contribution in [0.3, 0.4) is 0 Å². The van der Waals surface area contributed by atoms with Crippen molar-refractivity contribution in [1.82, 2.24) is 24.5 Å². The van der Waals surface area contributed by atoms with E-state index >= 15 is 0 Å². The standard InChI is InChI=1S/C20H17F4N5O/c1-11-14-4-6-16(22)18(24)19(14)29(27-11)12(2)20(30,8-28-10-25-9-26-28)15-5-3-13(21)7-17(15)23/h3-7,9-10,12,30H,8H2,1-2H3/t12-,20-/m1/s1. The zero-order valence-electron chi connectivity index (χ0n) is 16.0. The second kappa shape index (κ2) is 7.21. The number of aromatic nitrogens is 5. The highest BCUT2D eigenvalue weighted by molar-refractivity contribution is 5.82. The summed E-state index contributed by atoms with van der Waals surface area (Å²) in [5, 5.41) is 20.2. The van der Waals surface area contributed by atoms with Crippen LogP contribution in [0.15, 0.2) is 43.0 Å². The Hall–Kier alpha value is -3.27. The number of fused-ring (bicyclic) bond motifs is 1. The fourth-order valence-corrected chi connectivity index (χ4v) is 3.65. The van der Waals surface area contributed by atoms with Gasteiger partial charge in [-0.1, -0.05) is 6.07 Å². The van der Waals surface area contributed by atoms with E-state index in [0.29, 0.717) is 17.1 Å². The van der Waals surface area contributed by atoms with Gasteiger partial charge in [0.1, 0.15) is 35.4 Å². The minimum absolute atomic E-state index is 0.167. The second-order valence-electron chi connectivity index (χ2n) is 7.10. The van der Waals surface area contributed by atoms with Gasteiger partial charge in [0.25, 0.3) is 0 Å². The summed E-state index contributed by atoms with van der Waals surface area (Å²) in [4.78, 5) is 3.80. The van der Waals surface area contributed by atoms with Crippen molar-refractivity contribution in [1.29, 1.82) is 0 Å². The van der Waals surface area contributed by atoms with Crippen LogP contribution in [0.2, 0.25) is 0 Å². The lowest BCUT2D eigenvalue weighted by molar-refractivity contribution is -0.0357. The van der Waals surface area contributed by atoms with Gasteiger partial charge >= 0.3 is 0 Å². The van der Waals surface area contributed by atoms with Gasteiger partial charge in [-0.05, 0) is 32.0 Å². The zero-order chi connectivity index (χ0) is 21.6. The first kappa shape index (κ1) is 20.0. The maximum atomic E-state index is 14.7. The monoisotopic (exact) mass is 419 g/mol. The van der Waals surface area contributed by atoms with Crippen molar-refractivity contribution in [2.24, 2.45) is 0 Å². The van der Waals surface area contributed by atoms with Crippen molar-refractivity contribution in [3.8, 4) is 0 Å². The normalized spacial score (nSPS) is 14.8. The number of halogens is 4. The van der Waals surface area contributed by atoms with Gasteiger partial charge in [0.05, 0.1) is 18.3 Å². The van der Waals surface area contributed by atoms with Crippen molar-refractivity contribution in [3.05, 3.63) is 77.5 Å². The molecule has 2 atom stereocenters. The zero-order valence-corrected chi connectivity index (χ0v) is 16.0. The Labute approximate surface area is 168 Å². The minimum atomic E-state index is -2.06. The van der Waals surface area contributed by atoms with E-state index in [1.807, 2.05) is 0 Å². The molecule has 0 aliphatic rings. The lowest BCUT2D eigenvalue weighted by atomic mass is 9.86. The lowest BCUT2D eigenvalue weighted by Crippen LogP contribution is -2.41. The maximum absolute atomic E-state index is 14.7. The average molecular weight is 419 g/mol. The first-order valence-electron chi connectivity index (χ1n) is 9.05. The molecule has 2 aromatic heterocycles. The Balaban J connectivity index is 1.94. The summed E-state index contributed by atoms with van der Waals surface area (Å²) in [6.45, 7) is 2.79. The van der Waals surface area contributed by atoms with E-state index in [1.54, 1.807) is 6.92 Å². The second-order valence-corrected chi connectivity index (χ2v) is 7.10. The van der Waals surface area contributed by atoms with E-state index in [2.05, 4.69) is 15.2 Å². The molecule has 4 rings (SSSR count). The molecule has 0 radical (unpaired) electrons. The molecule has 0 amide bonds. The molecule has 0 aliphatic carbocycles. The highest BCUT2D eigenvalue weighted by Gasteiger charge is 2.42. The topological polar surface area (TPSA) is 68.8 Å². The molecule has 0 aliphatic heterocycles. The van der Waals surface area contributed by atoms with E-state index in [9.17, 15) is 22.7 Å². The first-order chi connectivity index (χ1) is 14.2. The molecule has 10 heteroatoms. The van der Waals surface area contributed by atoms with Crippen LogP contribution >= 0.6 is 0 Å². The number of hydrogen-bond donors (Lipinski definition) is 1. The third kappa shape index (κ3) is 3.13. The fourth-order valence-electron chi connectivity index (χ4n) is 3.65. The van der Waals surface area contributed by atoms with Crippen LogP contribution in [-0.2, 0) is 12.1 Å². The summed E-state index contributed by atoms with van der Waals surface area (Å²) in [6, 6.07) is 4.02. The third-order valence-corrected chi connectivity index (χ3v) is 5.27. The SMILES string of the molecule is Cc1nn([C@H](C)[C@](O)(Cn2cncn2)c2ccc(F)cc2F)c2c(F)c(F)ccc12. The van der Waals surface area contributed by atoms with E-state index in [1.165, 1.54) is 30.3 Å². The molecule has 0 saturated heterocycles. The maximum Gasteiger partial charge on any atom is 0.184 e. The van der Waals surface area contributed by atoms with Crippen LogP contribution in [0.25, 0.3) is 10.9 Å². The molecule has 0 saturated carbocycles. The van der Waals surface area contributed by atoms with E-state index in [-0.39, 0.29) is 17.6 Å². The Bertz CT molecular complexity index is 1220. The molecule has 6 nitrogen and oxygen atoms in total.